The molecule has 0 unspecified atom stereocenters. The molecular weight excluding hydrogens is 228 g/mol. The number of amides is 1. The summed E-state index contributed by atoms with van der Waals surface area (Å²) in [5, 5.41) is 7.64. The molecule has 0 aliphatic carbocycles. The molecule has 5 heteroatoms. The number of carbonyl (C=O) groups is 1. The Balaban J connectivity index is 2.14. The number of nitrogens with one attached hydrogen (secondary N) is 1. The topological polar surface area (TPSA) is 50.2 Å². The first-order chi connectivity index (χ1) is 8.59. The lowest BCUT2D eigenvalue weighted by Gasteiger charge is -2.18. The molecule has 0 aromatic carbocycles. The van der Waals surface area contributed by atoms with Crippen LogP contribution in [0.1, 0.15) is 42.4 Å². The molecule has 0 bridgehead atoms. The van der Waals surface area contributed by atoms with Crippen molar-refractivity contribution in [3.8, 4) is 0 Å². The molecule has 0 radical (unpaired) electrons. The summed E-state index contributed by atoms with van der Waals surface area (Å²) in [5.74, 6) is 0.441. The Labute approximate surface area is 108 Å². The smallest absolute Gasteiger partial charge is 0.274 e. The number of hydrogen-bond donors (Lipinski definition) is 1. The van der Waals surface area contributed by atoms with Crippen molar-refractivity contribution in [2.75, 3.05) is 26.2 Å². The van der Waals surface area contributed by atoms with E-state index < -0.39 is 0 Å². The van der Waals surface area contributed by atoms with E-state index in [-0.39, 0.29) is 5.91 Å². The average Bonchev–Trinajstić information content (AvgIpc) is 2.56. The fourth-order valence-electron chi connectivity index (χ4n) is 2.34. The van der Waals surface area contributed by atoms with Crippen LogP contribution in [0.15, 0.2) is 6.07 Å². The van der Waals surface area contributed by atoms with Crippen LogP contribution < -0.4 is 5.32 Å². The summed E-state index contributed by atoms with van der Waals surface area (Å²) in [6.45, 7) is 7.67. The van der Waals surface area contributed by atoms with E-state index in [4.69, 9.17) is 0 Å². The Morgan fingerprint density at radius 3 is 2.83 bits per heavy atom. The lowest BCUT2D eigenvalue weighted by atomic mass is 10.1. The zero-order chi connectivity index (χ0) is 13.1. The third-order valence-corrected chi connectivity index (χ3v) is 3.35. The lowest BCUT2D eigenvalue weighted by Crippen LogP contribution is -2.34. The summed E-state index contributed by atoms with van der Waals surface area (Å²) < 4.78 is 1.81. The Morgan fingerprint density at radius 2 is 2.17 bits per heavy atom. The number of rotatable bonds is 2. The maximum Gasteiger partial charge on any atom is 0.274 e. The van der Waals surface area contributed by atoms with Gasteiger partial charge in [0.1, 0.15) is 0 Å². The second-order valence-corrected chi connectivity index (χ2v) is 5.13. The minimum absolute atomic E-state index is 0.0567. The van der Waals surface area contributed by atoms with Gasteiger partial charge in [-0.25, -0.2) is 0 Å². The summed E-state index contributed by atoms with van der Waals surface area (Å²) in [5.41, 5.74) is 1.68. The second kappa shape index (κ2) is 5.52. The third kappa shape index (κ3) is 2.72. The van der Waals surface area contributed by atoms with Gasteiger partial charge in [-0.1, -0.05) is 13.8 Å². The number of aromatic nitrogens is 2. The van der Waals surface area contributed by atoms with E-state index in [0.717, 1.165) is 38.3 Å². The molecule has 1 aromatic rings. The molecule has 18 heavy (non-hydrogen) atoms. The van der Waals surface area contributed by atoms with Crippen LogP contribution >= 0.6 is 0 Å². The van der Waals surface area contributed by atoms with Gasteiger partial charge in [0.2, 0.25) is 0 Å². The van der Waals surface area contributed by atoms with Gasteiger partial charge in [-0.2, -0.15) is 5.10 Å². The molecule has 1 fully saturated rings. The molecule has 1 aliphatic heterocycles. The molecule has 100 valence electrons. The molecule has 1 aliphatic rings. The number of carbonyl (C=O) groups excluding carboxylic acids is 1. The molecule has 2 rings (SSSR count). The number of hydrogen-bond acceptors (Lipinski definition) is 3. The van der Waals surface area contributed by atoms with Gasteiger partial charge in [0.05, 0.1) is 0 Å². The summed E-state index contributed by atoms with van der Waals surface area (Å²) in [6.07, 6.45) is 1.01. The molecular formula is C13H22N4O. The first kappa shape index (κ1) is 13.1. The quantitative estimate of drug-likeness (QED) is 0.851. The Morgan fingerprint density at radius 1 is 1.39 bits per heavy atom. The van der Waals surface area contributed by atoms with Gasteiger partial charge in [0, 0.05) is 32.4 Å². The predicted molar refractivity (Wildman–Crippen MR) is 70.7 cm³/mol. The van der Waals surface area contributed by atoms with Crippen LogP contribution in [-0.2, 0) is 7.05 Å². The van der Waals surface area contributed by atoms with E-state index in [9.17, 15) is 4.79 Å². The highest BCUT2D eigenvalue weighted by molar-refractivity contribution is 5.92. The second-order valence-electron chi connectivity index (χ2n) is 5.13. The van der Waals surface area contributed by atoms with Crippen molar-refractivity contribution < 1.29 is 4.79 Å². The van der Waals surface area contributed by atoms with Crippen LogP contribution in [0.5, 0.6) is 0 Å². The van der Waals surface area contributed by atoms with Crippen LogP contribution in [-0.4, -0.2) is 46.8 Å². The van der Waals surface area contributed by atoms with Gasteiger partial charge in [-0.15, -0.1) is 0 Å². The fourth-order valence-corrected chi connectivity index (χ4v) is 2.34. The van der Waals surface area contributed by atoms with E-state index in [1.54, 1.807) is 0 Å². The molecule has 0 saturated carbocycles. The molecule has 0 atom stereocenters. The number of nitrogens with zero attached hydrogens (tertiary/aromatic N) is 3. The zero-order valence-electron chi connectivity index (χ0n) is 11.4. The van der Waals surface area contributed by atoms with Crippen molar-refractivity contribution in [3.05, 3.63) is 17.5 Å². The molecule has 5 nitrogen and oxygen atoms in total. The number of aryl methyl sites for hydroxylation is 1. The van der Waals surface area contributed by atoms with Crippen molar-refractivity contribution in [2.45, 2.75) is 26.2 Å². The minimum atomic E-state index is 0.0567. The highest BCUT2D eigenvalue weighted by Gasteiger charge is 2.21. The molecule has 1 amide bonds. The van der Waals surface area contributed by atoms with Crippen LogP contribution in [0.2, 0.25) is 0 Å². The van der Waals surface area contributed by atoms with E-state index in [1.807, 2.05) is 22.7 Å². The third-order valence-electron chi connectivity index (χ3n) is 3.35. The maximum absolute atomic E-state index is 12.4. The van der Waals surface area contributed by atoms with Crippen LogP contribution in [0, 0.1) is 0 Å². The van der Waals surface area contributed by atoms with Crippen molar-refractivity contribution in [2.24, 2.45) is 7.05 Å². The summed E-state index contributed by atoms with van der Waals surface area (Å²) in [6, 6.07) is 1.92. The van der Waals surface area contributed by atoms with Crippen molar-refractivity contribution >= 4 is 5.91 Å². The van der Waals surface area contributed by atoms with E-state index in [1.165, 1.54) is 0 Å². The average molecular weight is 250 g/mol. The maximum atomic E-state index is 12.4. The van der Waals surface area contributed by atoms with Gasteiger partial charge >= 0.3 is 0 Å². The minimum Gasteiger partial charge on any atom is -0.336 e. The van der Waals surface area contributed by atoms with Gasteiger partial charge in [-0.3, -0.25) is 9.48 Å². The largest absolute Gasteiger partial charge is 0.336 e. The molecule has 1 saturated heterocycles. The Kier molecular flexibility index (Phi) is 4.01. The highest BCUT2D eigenvalue weighted by Crippen LogP contribution is 2.16. The Hall–Kier alpha value is -1.36. The zero-order valence-corrected chi connectivity index (χ0v) is 11.4. The van der Waals surface area contributed by atoms with E-state index in [2.05, 4.69) is 24.3 Å². The molecule has 0 spiro atoms. The van der Waals surface area contributed by atoms with E-state index in [0.29, 0.717) is 11.6 Å². The monoisotopic (exact) mass is 250 g/mol. The van der Waals surface area contributed by atoms with Gasteiger partial charge in [-0.05, 0) is 24.9 Å². The first-order valence-corrected chi connectivity index (χ1v) is 6.63. The van der Waals surface area contributed by atoms with Crippen LogP contribution in [0.3, 0.4) is 0 Å². The fraction of sp³-hybridized carbons (Fsp3) is 0.692. The van der Waals surface area contributed by atoms with Crippen molar-refractivity contribution in [1.29, 1.82) is 0 Å². The molecule has 2 heterocycles. The standard InChI is InChI=1S/C13H22N4O/c1-10(2)12-9-11(15-16(12)3)13(18)17-7-4-5-14-6-8-17/h9-10,14H,4-8H2,1-3H3. The predicted octanol–water partition coefficient (Wildman–Crippen LogP) is 0.979. The normalized spacial score (nSPS) is 17.0. The van der Waals surface area contributed by atoms with Gasteiger partial charge in [0.15, 0.2) is 5.69 Å². The summed E-state index contributed by atoms with van der Waals surface area (Å²) >= 11 is 0. The molecule has 1 aromatic heterocycles. The molecule has 1 N–H and O–H groups in total. The van der Waals surface area contributed by atoms with E-state index >= 15 is 0 Å². The Bertz CT molecular complexity index is 417. The van der Waals surface area contributed by atoms with Gasteiger partial charge < -0.3 is 10.2 Å². The van der Waals surface area contributed by atoms with Crippen molar-refractivity contribution in [1.82, 2.24) is 20.0 Å². The lowest BCUT2D eigenvalue weighted by molar-refractivity contribution is 0.0759. The highest BCUT2D eigenvalue weighted by atomic mass is 16.2. The van der Waals surface area contributed by atoms with Crippen molar-refractivity contribution in [3.63, 3.8) is 0 Å². The summed E-state index contributed by atoms with van der Waals surface area (Å²) in [7, 11) is 1.90. The summed E-state index contributed by atoms with van der Waals surface area (Å²) in [4.78, 5) is 14.3. The van der Waals surface area contributed by atoms with Gasteiger partial charge in [0.25, 0.3) is 5.91 Å². The first-order valence-electron chi connectivity index (χ1n) is 6.63. The van der Waals surface area contributed by atoms with Crippen LogP contribution in [0.25, 0.3) is 0 Å². The van der Waals surface area contributed by atoms with Crippen LogP contribution in [0.4, 0.5) is 0 Å². The SMILES string of the molecule is CC(C)c1cc(C(=O)N2CCCNCC2)nn1C.